The summed E-state index contributed by atoms with van der Waals surface area (Å²) in [5, 5.41) is 1.98. The van der Waals surface area contributed by atoms with Crippen molar-refractivity contribution in [3.05, 3.63) is 42.1 Å². The van der Waals surface area contributed by atoms with Crippen LogP contribution in [0.25, 0.3) is 10.9 Å². The van der Waals surface area contributed by atoms with E-state index in [-0.39, 0.29) is 5.91 Å². The molecule has 2 heterocycles. The van der Waals surface area contributed by atoms with Crippen LogP contribution in [-0.2, 0) is 0 Å². The van der Waals surface area contributed by atoms with Crippen molar-refractivity contribution in [2.45, 2.75) is 6.42 Å². The average molecular weight is 319 g/mol. The highest BCUT2D eigenvalue weighted by molar-refractivity contribution is 9.09. The van der Waals surface area contributed by atoms with Crippen molar-refractivity contribution in [2.24, 2.45) is 5.92 Å². The van der Waals surface area contributed by atoms with Crippen LogP contribution >= 0.6 is 15.9 Å². The number of carbonyl (C=O) groups excluding carboxylic acids is 1. The molecule has 1 aliphatic heterocycles. The van der Waals surface area contributed by atoms with Crippen LogP contribution in [0.4, 0.5) is 0 Å². The van der Waals surface area contributed by atoms with Crippen LogP contribution in [0, 0.1) is 5.92 Å². The molecule has 1 aromatic carbocycles. The van der Waals surface area contributed by atoms with Crippen LogP contribution in [0.1, 0.15) is 16.8 Å². The van der Waals surface area contributed by atoms with Crippen LogP contribution in [-0.4, -0.2) is 34.2 Å². The molecule has 1 aliphatic rings. The van der Waals surface area contributed by atoms with Gasteiger partial charge < -0.3 is 4.90 Å². The zero-order valence-corrected chi connectivity index (χ0v) is 12.1. The average Bonchev–Trinajstić information content (AvgIpc) is 2.95. The zero-order chi connectivity index (χ0) is 13.2. The highest BCUT2D eigenvalue weighted by Gasteiger charge is 2.27. The third-order valence-corrected chi connectivity index (χ3v) is 4.57. The maximum atomic E-state index is 12.6. The molecule has 0 radical (unpaired) electrons. The predicted molar refractivity (Wildman–Crippen MR) is 79.5 cm³/mol. The van der Waals surface area contributed by atoms with E-state index in [1.807, 2.05) is 35.2 Å². The van der Waals surface area contributed by atoms with Gasteiger partial charge in [-0.25, -0.2) is 0 Å². The van der Waals surface area contributed by atoms with Crippen molar-refractivity contribution in [3.63, 3.8) is 0 Å². The lowest BCUT2D eigenvalue weighted by Crippen LogP contribution is -2.29. The first-order valence-corrected chi connectivity index (χ1v) is 7.60. The van der Waals surface area contributed by atoms with Gasteiger partial charge >= 0.3 is 0 Å². The zero-order valence-electron chi connectivity index (χ0n) is 10.6. The SMILES string of the molecule is O=C(c1cccc2cccnc12)N1CCC(CBr)C1. The number of hydrogen-bond acceptors (Lipinski definition) is 2. The molecule has 3 rings (SSSR count). The summed E-state index contributed by atoms with van der Waals surface area (Å²) >= 11 is 3.50. The van der Waals surface area contributed by atoms with Crippen molar-refractivity contribution in [3.8, 4) is 0 Å². The van der Waals surface area contributed by atoms with E-state index in [9.17, 15) is 4.79 Å². The first kappa shape index (κ1) is 12.6. The largest absolute Gasteiger partial charge is 0.338 e. The number of para-hydroxylation sites is 1. The van der Waals surface area contributed by atoms with Gasteiger partial charge in [-0.1, -0.05) is 34.1 Å². The summed E-state index contributed by atoms with van der Waals surface area (Å²) in [7, 11) is 0. The van der Waals surface area contributed by atoms with Crippen LogP contribution in [0.3, 0.4) is 0 Å². The number of alkyl halides is 1. The number of carbonyl (C=O) groups is 1. The molecular formula is C15H15BrN2O. The maximum Gasteiger partial charge on any atom is 0.256 e. The molecule has 1 saturated heterocycles. The molecule has 1 atom stereocenters. The van der Waals surface area contributed by atoms with E-state index in [1.54, 1.807) is 6.20 Å². The molecule has 19 heavy (non-hydrogen) atoms. The van der Waals surface area contributed by atoms with E-state index in [4.69, 9.17) is 0 Å². The molecule has 0 aliphatic carbocycles. The molecule has 4 heteroatoms. The summed E-state index contributed by atoms with van der Waals surface area (Å²) in [5.74, 6) is 0.680. The van der Waals surface area contributed by atoms with Gasteiger partial charge in [0.05, 0.1) is 11.1 Å². The summed E-state index contributed by atoms with van der Waals surface area (Å²) in [6.45, 7) is 1.69. The summed E-state index contributed by atoms with van der Waals surface area (Å²) in [6, 6.07) is 9.68. The molecule has 1 aromatic heterocycles. The third kappa shape index (κ3) is 2.37. The van der Waals surface area contributed by atoms with E-state index in [1.165, 1.54) is 0 Å². The molecule has 1 unspecified atom stereocenters. The summed E-state index contributed by atoms with van der Waals surface area (Å²) in [6.07, 6.45) is 2.82. The highest BCUT2D eigenvalue weighted by atomic mass is 79.9. The first-order chi connectivity index (χ1) is 9.29. The Morgan fingerprint density at radius 1 is 1.37 bits per heavy atom. The van der Waals surface area contributed by atoms with Gasteiger partial charge in [-0.05, 0) is 24.5 Å². The standard InChI is InChI=1S/C15H15BrN2O/c16-9-11-6-8-18(10-11)15(19)13-5-1-3-12-4-2-7-17-14(12)13/h1-5,7,11H,6,8-10H2. The quantitative estimate of drug-likeness (QED) is 0.797. The minimum atomic E-state index is 0.104. The number of amides is 1. The van der Waals surface area contributed by atoms with Gasteiger partial charge in [-0.2, -0.15) is 0 Å². The van der Waals surface area contributed by atoms with Crippen LogP contribution < -0.4 is 0 Å². The lowest BCUT2D eigenvalue weighted by Gasteiger charge is -2.17. The Labute approximate surface area is 120 Å². The van der Waals surface area contributed by atoms with E-state index in [2.05, 4.69) is 20.9 Å². The third-order valence-electron chi connectivity index (χ3n) is 3.65. The minimum absolute atomic E-state index is 0.104. The molecule has 0 spiro atoms. The first-order valence-electron chi connectivity index (χ1n) is 6.48. The maximum absolute atomic E-state index is 12.6. The second-order valence-electron chi connectivity index (χ2n) is 4.94. The van der Waals surface area contributed by atoms with Gasteiger partial charge in [0.1, 0.15) is 0 Å². The van der Waals surface area contributed by atoms with Gasteiger partial charge in [0.15, 0.2) is 0 Å². The summed E-state index contributed by atoms with van der Waals surface area (Å²) in [5.41, 5.74) is 1.52. The Hall–Kier alpha value is -1.42. The molecule has 1 fully saturated rings. The Morgan fingerprint density at radius 2 is 2.21 bits per heavy atom. The van der Waals surface area contributed by atoms with Gasteiger partial charge in [-0.3, -0.25) is 9.78 Å². The molecule has 3 nitrogen and oxygen atoms in total. The lowest BCUT2D eigenvalue weighted by molar-refractivity contribution is 0.0790. The highest BCUT2D eigenvalue weighted by Crippen LogP contribution is 2.23. The van der Waals surface area contributed by atoms with Gasteiger partial charge in [0.25, 0.3) is 5.91 Å². The van der Waals surface area contributed by atoms with Crippen molar-refractivity contribution in [1.29, 1.82) is 0 Å². The number of pyridine rings is 1. The van der Waals surface area contributed by atoms with Crippen molar-refractivity contribution in [2.75, 3.05) is 18.4 Å². The van der Waals surface area contributed by atoms with Gasteiger partial charge in [-0.15, -0.1) is 0 Å². The van der Waals surface area contributed by atoms with Gasteiger partial charge in [0.2, 0.25) is 0 Å². The van der Waals surface area contributed by atoms with Gasteiger partial charge in [0, 0.05) is 30.0 Å². The number of aromatic nitrogens is 1. The Morgan fingerprint density at radius 3 is 3.00 bits per heavy atom. The number of benzene rings is 1. The van der Waals surface area contributed by atoms with Crippen molar-refractivity contribution in [1.82, 2.24) is 9.88 Å². The van der Waals surface area contributed by atoms with E-state index in [0.29, 0.717) is 11.5 Å². The van der Waals surface area contributed by atoms with E-state index in [0.717, 1.165) is 35.7 Å². The second-order valence-corrected chi connectivity index (χ2v) is 5.59. The number of rotatable bonds is 2. The number of halogens is 1. The van der Waals surface area contributed by atoms with E-state index >= 15 is 0 Å². The monoisotopic (exact) mass is 318 g/mol. The van der Waals surface area contributed by atoms with Crippen molar-refractivity contribution < 1.29 is 4.79 Å². The van der Waals surface area contributed by atoms with Crippen LogP contribution in [0.5, 0.6) is 0 Å². The van der Waals surface area contributed by atoms with Crippen LogP contribution in [0.15, 0.2) is 36.5 Å². The van der Waals surface area contributed by atoms with Crippen LogP contribution in [0.2, 0.25) is 0 Å². The number of nitrogens with zero attached hydrogens (tertiary/aromatic N) is 2. The molecular weight excluding hydrogens is 304 g/mol. The van der Waals surface area contributed by atoms with E-state index < -0.39 is 0 Å². The molecule has 0 bridgehead atoms. The smallest absolute Gasteiger partial charge is 0.256 e. The molecule has 98 valence electrons. The Balaban J connectivity index is 1.94. The lowest BCUT2D eigenvalue weighted by atomic mass is 10.1. The fourth-order valence-corrected chi connectivity index (χ4v) is 3.12. The summed E-state index contributed by atoms with van der Waals surface area (Å²) in [4.78, 5) is 18.9. The number of likely N-dealkylation sites (tertiary alicyclic amines) is 1. The Bertz CT molecular complexity index is 609. The second kappa shape index (κ2) is 5.29. The fraction of sp³-hybridized carbons (Fsp3) is 0.333. The molecule has 2 aromatic rings. The van der Waals surface area contributed by atoms with Crippen molar-refractivity contribution >= 4 is 32.7 Å². The fourth-order valence-electron chi connectivity index (χ4n) is 2.59. The molecule has 0 saturated carbocycles. The predicted octanol–water partition coefficient (Wildman–Crippen LogP) is 3.09. The topological polar surface area (TPSA) is 33.2 Å². The summed E-state index contributed by atoms with van der Waals surface area (Å²) < 4.78 is 0. The number of fused-ring (bicyclic) bond motifs is 1. The number of hydrogen-bond donors (Lipinski definition) is 0. The normalized spacial score (nSPS) is 19.0. The molecule has 0 N–H and O–H groups in total. The Kier molecular flexibility index (Phi) is 3.51. The minimum Gasteiger partial charge on any atom is -0.338 e. The molecule has 1 amide bonds.